The first-order valence-electron chi connectivity index (χ1n) is 13.6. The van der Waals surface area contributed by atoms with Crippen LogP contribution in [0.1, 0.15) is 87.2 Å². The number of carboxylic acid groups (broad SMARTS) is 1. The number of carboxylic acids is 1. The van der Waals surface area contributed by atoms with Gasteiger partial charge in [-0.25, -0.2) is 9.18 Å². The van der Waals surface area contributed by atoms with Crippen LogP contribution in [-0.2, 0) is 0 Å². The van der Waals surface area contributed by atoms with E-state index in [9.17, 15) is 14.7 Å². The minimum Gasteiger partial charge on any atom is -0.477 e. The van der Waals surface area contributed by atoms with Gasteiger partial charge in [-0.05, 0) is 64.0 Å². The highest BCUT2D eigenvalue weighted by Gasteiger charge is 2.41. The maximum Gasteiger partial charge on any atom is 0.341 e. The van der Waals surface area contributed by atoms with Crippen LogP contribution in [0, 0.1) is 5.82 Å². The fraction of sp³-hybridized carbons (Fsp3) is 0.467. The molecule has 2 aliphatic carbocycles. The molecule has 7 nitrogen and oxygen atoms in total. The Hall–Kier alpha value is -3.39. The summed E-state index contributed by atoms with van der Waals surface area (Å²) < 4.78 is 17.3. The van der Waals surface area contributed by atoms with Crippen LogP contribution in [-0.4, -0.2) is 33.3 Å². The second-order valence-electron chi connectivity index (χ2n) is 11.3. The van der Waals surface area contributed by atoms with Crippen LogP contribution in [0.15, 0.2) is 47.4 Å². The Bertz CT molecular complexity index is 1410. The molecule has 0 amide bonds. The number of nitrogens with two attached hydrogens (primary N) is 1. The molecule has 5 rings (SSSR count). The first-order chi connectivity index (χ1) is 18.1. The van der Waals surface area contributed by atoms with E-state index in [2.05, 4.69) is 41.8 Å². The molecular weight excluding hydrogens is 483 g/mol. The molecule has 0 radical (unpaired) electrons. The van der Waals surface area contributed by atoms with Crippen LogP contribution in [0.5, 0.6) is 0 Å². The van der Waals surface area contributed by atoms with Crippen molar-refractivity contribution in [2.75, 3.05) is 11.1 Å². The van der Waals surface area contributed by atoms with E-state index in [1.165, 1.54) is 18.2 Å². The molecule has 38 heavy (non-hydrogen) atoms. The van der Waals surface area contributed by atoms with Crippen molar-refractivity contribution in [3.63, 3.8) is 0 Å². The van der Waals surface area contributed by atoms with Gasteiger partial charge in [-0.15, -0.1) is 0 Å². The maximum absolute atomic E-state index is 15.6. The number of pyridine rings is 1. The Morgan fingerprint density at radius 1 is 1.24 bits per heavy atom. The lowest BCUT2D eigenvalue weighted by atomic mass is 9.77. The highest BCUT2D eigenvalue weighted by atomic mass is 19.1. The lowest BCUT2D eigenvalue weighted by molar-refractivity contribution is 0.0694. The Morgan fingerprint density at radius 3 is 2.53 bits per heavy atom. The summed E-state index contributed by atoms with van der Waals surface area (Å²) in [6, 6.07) is 13.0. The van der Waals surface area contributed by atoms with Gasteiger partial charge in [0.1, 0.15) is 5.56 Å². The van der Waals surface area contributed by atoms with E-state index in [0.29, 0.717) is 23.5 Å². The normalized spacial score (nSPS) is 25.0. The third kappa shape index (κ3) is 4.77. The molecule has 0 spiro atoms. The first-order valence-corrected chi connectivity index (χ1v) is 13.6. The number of aromatic nitrogens is 1. The highest BCUT2D eigenvalue weighted by Crippen LogP contribution is 2.43. The van der Waals surface area contributed by atoms with Gasteiger partial charge in [0.25, 0.3) is 0 Å². The van der Waals surface area contributed by atoms with E-state index in [0.717, 1.165) is 32.1 Å². The minimum atomic E-state index is -1.36. The van der Waals surface area contributed by atoms with Crippen molar-refractivity contribution in [3.8, 4) is 0 Å². The predicted octanol–water partition coefficient (Wildman–Crippen LogP) is 5.65. The van der Waals surface area contributed by atoms with Crippen LogP contribution >= 0.6 is 0 Å². The number of carbonyl (C=O) groups is 1. The van der Waals surface area contributed by atoms with E-state index >= 15 is 4.39 Å². The van der Waals surface area contributed by atoms with Crippen molar-refractivity contribution in [1.82, 2.24) is 9.88 Å². The molecule has 1 aromatic heterocycles. The maximum atomic E-state index is 15.6. The SMILES string of the molecule is CCC1(Nc2cc3c(c(N)c2F)c(=O)c(C(=O)O)cn3C(C)C)CCC(N[C@H]2C[C@@H]2c2ccccc2)CC1. The number of rotatable bonds is 8. The van der Waals surface area contributed by atoms with Crippen molar-refractivity contribution >= 4 is 28.2 Å². The van der Waals surface area contributed by atoms with Crippen molar-refractivity contribution in [2.45, 2.75) is 88.9 Å². The van der Waals surface area contributed by atoms with Gasteiger partial charge in [0, 0.05) is 35.8 Å². The molecule has 2 aliphatic rings. The molecule has 2 atom stereocenters. The number of halogens is 1. The molecule has 202 valence electrons. The van der Waals surface area contributed by atoms with E-state index in [1.54, 1.807) is 10.6 Å². The van der Waals surface area contributed by atoms with Crippen molar-refractivity contribution in [2.24, 2.45) is 0 Å². The number of fused-ring (bicyclic) bond motifs is 1. The largest absolute Gasteiger partial charge is 0.477 e. The van der Waals surface area contributed by atoms with Crippen LogP contribution in [0.4, 0.5) is 15.8 Å². The van der Waals surface area contributed by atoms with E-state index in [4.69, 9.17) is 5.73 Å². The summed E-state index contributed by atoms with van der Waals surface area (Å²) in [5, 5.41) is 16.8. The lowest BCUT2D eigenvalue weighted by Gasteiger charge is -2.41. The lowest BCUT2D eigenvalue weighted by Crippen LogP contribution is -2.46. The van der Waals surface area contributed by atoms with Crippen LogP contribution < -0.4 is 21.8 Å². The summed E-state index contributed by atoms with van der Waals surface area (Å²) in [5.41, 5.74) is 6.46. The molecule has 0 unspecified atom stereocenters. The molecule has 8 heteroatoms. The van der Waals surface area contributed by atoms with Crippen molar-refractivity contribution < 1.29 is 14.3 Å². The Kier molecular flexibility index (Phi) is 6.94. The third-order valence-corrected chi connectivity index (χ3v) is 8.57. The molecule has 2 aromatic carbocycles. The van der Waals surface area contributed by atoms with Gasteiger partial charge >= 0.3 is 5.97 Å². The molecule has 1 heterocycles. The summed E-state index contributed by atoms with van der Waals surface area (Å²) in [5.74, 6) is -1.48. The Balaban J connectivity index is 1.36. The highest BCUT2D eigenvalue weighted by molar-refractivity contribution is 5.99. The molecule has 0 saturated heterocycles. The molecule has 3 aromatic rings. The second kappa shape index (κ2) is 10.1. The fourth-order valence-corrected chi connectivity index (χ4v) is 6.12. The smallest absolute Gasteiger partial charge is 0.341 e. The number of benzene rings is 2. The van der Waals surface area contributed by atoms with E-state index in [-0.39, 0.29) is 28.3 Å². The summed E-state index contributed by atoms with van der Waals surface area (Å²) in [6.07, 6.45) is 7.06. The van der Waals surface area contributed by atoms with Gasteiger partial charge in [0.05, 0.1) is 22.3 Å². The summed E-state index contributed by atoms with van der Waals surface area (Å²) in [6.45, 7) is 5.87. The van der Waals surface area contributed by atoms with E-state index < -0.39 is 22.8 Å². The van der Waals surface area contributed by atoms with Gasteiger partial charge in [-0.2, -0.15) is 0 Å². The molecular formula is C30H37FN4O3. The van der Waals surface area contributed by atoms with Gasteiger partial charge < -0.3 is 26.0 Å². The number of nitrogens with one attached hydrogen (secondary N) is 2. The van der Waals surface area contributed by atoms with Crippen LogP contribution in [0.3, 0.4) is 0 Å². The number of hydrogen-bond donors (Lipinski definition) is 4. The molecule has 0 bridgehead atoms. The van der Waals surface area contributed by atoms with E-state index in [1.807, 2.05) is 19.9 Å². The average molecular weight is 521 g/mol. The zero-order chi connectivity index (χ0) is 27.2. The molecule has 5 N–H and O–H groups in total. The second-order valence-corrected chi connectivity index (χ2v) is 11.3. The topological polar surface area (TPSA) is 109 Å². The van der Waals surface area contributed by atoms with Gasteiger partial charge in [-0.1, -0.05) is 37.3 Å². The number of aromatic carboxylic acids is 1. The van der Waals surface area contributed by atoms with Gasteiger partial charge in [0.2, 0.25) is 5.43 Å². The van der Waals surface area contributed by atoms with Crippen LogP contribution in [0.2, 0.25) is 0 Å². The van der Waals surface area contributed by atoms with Gasteiger partial charge in [-0.3, -0.25) is 4.79 Å². The Labute approximate surface area is 222 Å². The predicted molar refractivity (Wildman–Crippen MR) is 150 cm³/mol. The zero-order valence-electron chi connectivity index (χ0n) is 22.3. The standard InChI is InChI=1S/C30H37FN4O3/c1-4-30(12-10-19(11-13-30)33-22-14-20(22)18-8-6-5-7-9-18)34-23-15-24-25(27(32)26(23)31)28(36)21(29(37)38)16-35(24)17(2)3/h5-9,15-17,19-20,22,33-34H,4,10-14,32H2,1-3H3,(H,37,38)/t19?,20-,22+,30?/m1/s1. The fourth-order valence-electron chi connectivity index (χ4n) is 6.12. The molecule has 2 fully saturated rings. The molecule has 0 aliphatic heterocycles. The minimum absolute atomic E-state index is 0.0856. The number of anilines is 2. The monoisotopic (exact) mass is 520 g/mol. The Morgan fingerprint density at radius 2 is 1.92 bits per heavy atom. The number of nitrogen functional groups attached to an aromatic ring is 1. The quantitative estimate of drug-likeness (QED) is 0.286. The van der Waals surface area contributed by atoms with Crippen LogP contribution in [0.25, 0.3) is 10.9 Å². The van der Waals surface area contributed by atoms with Crippen molar-refractivity contribution in [3.05, 3.63) is 69.8 Å². The number of hydrogen-bond acceptors (Lipinski definition) is 5. The summed E-state index contributed by atoms with van der Waals surface area (Å²) in [4.78, 5) is 24.6. The van der Waals surface area contributed by atoms with Crippen molar-refractivity contribution in [1.29, 1.82) is 0 Å². The number of nitrogens with zero attached hydrogens (tertiary/aromatic N) is 1. The molecule has 2 saturated carbocycles. The summed E-state index contributed by atoms with van der Waals surface area (Å²) in [7, 11) is 0. The third-order valence-electron chi connectivity index (χ3n) is 8.57. The first kappa shape index (κ1) is 26.2. The summed E-state index contributed by atoms with van der Waals surface area (Å²) >= 11 is 0. The zero-order valence-corrected chi connectivity index (χ0v) is 22.3. The average Bonchev–Trinajstić information content (AvgIpc) is 3.67. The van der Waals surface area contributed by atoms with Gasteiger partial charge in [0.15, 0.2) is 5.82 Å².